The second kappa shape index (κ2) is 6.34. The number of hydrogen-bond acceptors (Lipinski definition) is 5. The maximum absolute atomic E-state index is 11.8. The van der Waals surface area contributed by atoms with E-state index in [1.54, 1.807) is 6.07 Å². The van der Waals surface area contributed by atoms with Crippen LogP contribution in [0.5, 0.6) is 5.75 Å². The van der Waals surface area contributed by atoms with Crippen molar-refractivity contribution in [1.82, 2.24) is 15.4 Å². The molecule has 114 valence electrons. The van der Waals surface area contributed by atoms with Crippen LogP contribution in [0.2, 0.25) is 0 Å². The molecule has 0 spiro atoms. The fourth-order valence-corrected chi connectivity index (χ4v) is 1.76. The summed E-state index contributed by atoms with van der Waals surface area (Å²) in [6.07, 6.45) is 5.66. The lowest BCUT2D eigenvalue weighted by atomic mass is 9.86. The van der Waals surface area contributed by atoms with E-state index in [1.807, 2.05) is 12.1 Å². The van der Waals surface area contributed by atoms with Gasteiger partial charge in [-0.1, -0.05) is 26.8 Å². The minimum atomic E-state index is -0.462. The van der Waals surface area contributed by atoms with Gasteiger partial charge in [-0.15, -0.1) is 0 Å². The Balaban J connectivity index is 2.12. The predicted molar refractivity (Wildman–Crippen MR) is 83.9 cm³/mol. The van der Waals surface area contributed by atoms with E-state index in [1.165, 1.54) is 24.8 Å². The summed E-state index contributed by atoms with van der Waals surface area (Å²) in [6.45, 7) is 6.24. The molecule has 1 amide bonds. The molecular formula is C16H18N4O2. The molecule has 0 aliphatic rings. The smallest absolute Gasteiger partial charge is 0.291 e. The number of aromatic nitrogens is 2. The van der Waals surface area contributed by atoms with Gasteiger partial charge in [0.15, 0.2) is 0 Å². The monoisotopic (exact) mass is 298 g/mol. The fourth-order valence-electron chi connectivity index (χ4n) is 1.76. The van der Waals surface area contributed by atoms with Crippen molar-refractivity contribution in [2.45, 2.75) is 26.2 Å². The average molecular weight is 298 g/mol. The molecule has 6 heteroatoms. The number of hydrogen-bond donors (Lipinski definition) is 2. The number of hydrazone groups is 1. The standard InChI is InChI=1S/C16H18N4O2/c1-16(2,3)12-4-5-14(21)11(8-12)9-19-20-15(22)13-10-17-6-7-18-13/h4-10,21H,1-3H3,(H,20,22)/b19-9-. The molecule has 0 aliphatic heterocycles. The van der Waals surface area contributed by atoms with Crippen molar-refractivity contribution in [3.05, 3.63) is 53.6 Å². The molecule has 0 aliphatic carbocycles. The number of phenols is 1. The first-order valence-corrected chi connectivity index (χ1v) is 6.81. The van der Waals surface area contributed by atoms with Gasteiger partial charge < -0.3 is 5.11 Å². The zero-order valence-electron chi connectivity index (χ0n) is 12.7. The highest BCUT2D eigenvalue weighted by Gasteiger charge is 2.14. The number of carbonyl (C=O) groups is 1. The lowest BCUT2D eigenvalue weighted by Gasteiger charge is -2.19. The Morgan fingerprint density at radius 1 is 1.32 bits per heavy atom. The van der Waals surface area contributed by atoms with E-state index in [0.29, 0.717) is 5.56 Å². The second-order valence-corrected chi connectivity index (χ2v) is 5.81. The van der Waals surface area contributed by atoms with Gasteiger partial charge in [0.2, 0.25) is 0 Å². The minimum absolute atomic E-state index is 0.0425. The third-order valence-electron chi connectivity index (χ3n) is 3.06. The van der Waals surface area contributed by atoms with Crippen LogP contribution >= 0.6 is 0 Å². The number of rotatable bonds is 3. The molecule has 6 nitrogen and oxygen atoms in total. The van der Waals surface area contributed by atoms with Gasteiger partial charge in [-0.05, 0) is 23.1 Å². The maximum atomic E-state index is 11.8. The minimum Gasteiger partial charge on any atom is -0.507 e. The topological polar surface area (TPSA) is 87.5 Å². The van der Waals surface area contributed by atoms with Gasteiger partial charge in [0.05, 0.1) is 12.4 Å². The highest BCUT2D eigenvalue weighted by atomic mass is 16.3. The molecular weight excluding hydrogens is 280 g/mol. The van der Waals surface area contributed by atoms with Crippen LogP contribution in [0, 0.1) is 0 Å². The first-order chi connectivity index (χ1) is 10.4. The van der Waals surface area contributed by atoms with E-state index >= 15 is 0 Å². The normalized spacial score (nSPS) is 11.6. The van der Waals surface area contributed by atoms with Crippen LogP contribution in [0.15, 0.2) is 41.9 Å². The number of nitrogens with zero attached hydrogens (tertiary/aromatic N) is 3. The molecule has 0 saturated carbocycles. The van der Waals surface area contributed by atoms with Gasteiger partial charge in [-0.2, -0.15) is 5.10 Å². The molecule has 1 aromatic heterocycles. The predicted octanol–water partition coefficient (Wildman–Crippen LogP) is 2.24. The van der Waals surface area contributed by atoms with Crippen LogP contribution in [0.25, 0.3) is 0 Å². The number of amides is 1. The Hall–Kier alpha value is -2.76. The summed E-state index contributed by atoms with van der Waals surface area (Å²) in [7, 11) is 0. The van der Waals surface area contributed by atoms with Crippen molar-refractivity contribution in [3.63, 3.8) is 0 Å². The van der Waals surface area contributed by atoms with Crippen LogP contribution < -0.4 is 5.43 Å². The Bertz CT molecular complexity index is 691. The molecule has 2 N–H and O–H groups in total. The van der Waals surface area contributed by atoms with Crippen LogP contribution in [0.1, 0.15) is 42.4 Å². The van der Waals surface area contributed by atoms with Crippen molar-refractivity contribution in [2.75, 3.05) is 0 Å². The van der Waals surface area contributed by atoms with E-state index in [-0.39, 0.29) is 16.9 Å². The van der Waals surface area contributed by atoms with Crippen molar-refractivity contribution in [1.29, 1.82) is 0 Å². The molecule has 22 heavy (non-hydrogen) atoms. The second-order valence-electron chi connectivity index (χ2n) is 5.81. The van der Waals surface area contributed by atoms with Gasteiger partial charge in [0, 0.05) is 18.0 Å². The Labute approximate surface area is 128 Å². The summed E-state index contributed by atoms with van der Waals surface area (Å²) < 4.78 is 0. The summed E-state index contributed by atoms with van der Waals surface area (Å²) in [5.41, 5.74) is 4.08. The molecule has 2 rings (SSSR count). The van der Waals surface area contributed by atoms with Gasteiger partial charge in [0.1, 0.15) is 11.4 Å². The number of carbonyl (C=O) groups excluding carboxylic acids is 1. The molecule has 1 heterocycles. The lowest BCUT2D eigenvalue weighted by Crippen LogP contribution is -2.19. The third kappa shape index (κ3) is 3.88. The van der Waals surface area contributed by atoms with Crippen molar-refractivity contribution in [3.8, 4) is 5.75 Å². The van der Waals surface area contributed by atoms with E-state index in [4.69, 9.17) is 0 Å². The van der Waals surface area contributed by atoms with Crippen LogP contribution in [-0.2, 0) is 5.41 Å². The van der Waals surface area contributed by atoms with Crippen molar-refractivity contribution >= 4 is 12.1 Å². The number of aromatic hydroxyl groups is 1. The number of nitrogens with one attached hydrogen (secondary N) is 1. The molecule has 0 bridgehead atoms. The Morgan fingerprint density at radius 3 is 2.73 bits per heavy atom. The average Bonchev–Trinajstić information content (AvgIpc) is 2.48. The van der Waals surface area contributed by atoms with Crippen LogP contribution in [0.3, 0.4) is 0 Å². The highest BCUT2D eigenvalue weighted by molar-refractivity contribution is 5.93. The van der Waals surface area contributed by atoms with E-state index in [9.17, 15) is 9.90 Å². The Kier molecular flexibility index (Phi) is 4.50. The molecule has 0 atom stereocenters. The molecule has 1 aromatic carbocycles. The van der Waals surface area contributed by atoms with Gasteiger partial charge >= 0.3 is 0 Å². The first-order valence-electron chi connectivity index (χ1n) is 6.81. The van der Waals surface area contributed by atoms with Crippen molar-refractivity contribution < 1.29 is 9.90 Å². The summed E-state index contributed by atoms with van der Waals surface area (Å²) >= 11 is 0. The summed E-state index contributed by atoms with van der Waals surface area (Å²) in [5.74, 6) is -0.360. The third-order valence-corrected chi connectivity index (χ3v) is 3.06. The highest BCUT2D eigenvalue weighted by Crippen LogP contribution is 2.26. The van der Waals surface area contributed by atoms with Gasteiger partial charge in [0.25, 0.3) is 5.91 Å². The van der Waals surface area contributed by atoms with E-state index in [0.717, 1.165) is 5.56 Å². The number of benzene rings is 1. The molecule has 0 saturated heterocycles. The van der Waals surface area contributed by atoms with Crippen LogP contribution in [0.4, 0.5) is 0 Å². The summed E-state index contributed by atoms with van der Waals surface area (Å²) in [6, 6.07) is 5.32. The molecule has 0 fully saturated rings. The number of phenolic OH excluding ortho intramolecular Hbond substituents is 1. The molecule has 0 unspecified atom stereocenters. The van der Waals surface area contributed by atoms with Gasteiger partial charge in [-0.25, -0.2) is 10.4 Å². The quantitative estimate of drug-likeness (QED) is 0.672. The van der Waals surface area contributed by atoms with Crippen molar-refractivity contribution in [2.24, 2.45) is 5.10 Å². The van der Waals surface area contributed by atoms with Gasteiger partial charge in [-0.3, -0.25) is 9.78 Å². The summed E-state index contributed by atoms with van der Waals surface area (Å²) in [4.78, 5) is 19.4. The summed E-state index contributed by atoms with van der Waals surface area (Å²) in [5, 5.41) is 13.7. The first kappa shape index (κ1) is 15.6. The van der Waals surface area contributed by atoms with E-state index in [2.05, 4.69) is 41.3 Å². The van der Waals surface area contributed by atoms with Crippen LogP contribution in [-0.4, -0.2) is 27.2 Å². The SMILES string of the molecule is CC(C)(C)c1ccc(O)c(/C=N\NC(=O)c2cnccn2)c1. The van der Waals surface area contributed by atoms with E-state index < -0.39 is 5.91 Å². The lowest BCUT2D eigenvalue weighted by molar-refractivity contribution is 0.0949. The largest absolute Gasteiger partial charge is 0.507 e. The molecule has 0 radical (unpaired) electrons. The zero-order valence-corrected chi connectivity index (χ0v) is 12.7. The Morgan fingerprint density at radius 2 is 2.09 bits per heavy atom. The maximum Gasteiger partial charge on any atom is 0.291 e. The molecule has 2 aromatic rings. The zero-order chi connectivity index (χ0) is 16.2. The fraction of sp³-hybridized carbons (Fsp3) is 0.250.